The summed E-state index contributed by atoms with van der Waals surface area (Å²) in [4.78, 5) is 10.9. The molecule has 0 aliphatic carbocycles. The molecule has 1 rings (SSSR count). The molecule has 0 aliphatic rings. The fraction of sp³-hybridized carbons (Fsp3) is 0.250. The summed E-state index contributed by atoms with van der Waals surface area (Å²) >= 11 is 0. The van der Waals surface area contributed by atoms with Gasteiger partial charge in [0.1, 0.15) is 0 Å². The average molecular weight is 203 g/mol. The number of hydrogen-bond acceptors (Lipinski definition) is 2. The van der Waals surface area contributed by atoms with Gasteiger partial charge in [-0.05, 0) is 18.6 Å². The minimum absolute atomic E-state index is 0.284. The first-order chi connectivity index (χ1) is 7.16. The number of hydrogen-bond donors (Lipinski definition) is 2. The topological polar surface area (TPSA) is 49.3 Å². The second-order valence-electron chi connectivity index (χ2n) is 3.18. The molecule has 0 saturated carbocycles. The van der Waals surface area contributed by atoms with Crippen molar-refractivity contribution < 1.29 is 9.90 Å². The van der Waals surface area contributed by atoms with E-state index >= 15 is 0 Å². The quantitative estimate of drug-likeness (QED) is 0.582. The number of aryl methyl sites for hydroxylation is 1. The van der Waals surface area contributed by atoms with Crippen molar-refractivity contribution in [3.05, 3.63) is 29.3 Å². The summed E-state index contributed by atoms with van der Waals surface area (Å²) in [6, 6.07) is 5.17. The lowest BCUT2D eigenvalue weighted by atomic mass is 10.1. The lowest BCUT2D eigenvalue weighted by molar-refractivity contribution is 0.0698. The van der Waals surface area contributed by atoms with Crippen LogP contribution in [0.1, 0.15) is 22.3 Å². The van der Waals surface area contributed by atoms with Crippen molar-refractivity contribution in [2.24, 2.45) is 0 Å². The number of benzene rings is 1. The second-order valence-corrected chi connectivity index (χ2v) is 3.18. The average Bonchev–Trinajstić information content (AvgIpc) is 2.20. The van der Waals surface area contributed by atoms with Gasteiger partial charge in [-0.3, -0.25) is 0 Å². The molecule has 0 fully saturated rings. The Morgan fingerprint density at radius 3 is 2.93 bits per heavy atom. The van der Waals surface area contributed by atoms with Crippen LogP contribution in [0.5, 0.6) is 0 Å². The molecule has 0 radical (unpaired) electrons. The van der Waals surface area contributed by atoms with E-state index < -0.39 is 5.97 Å². The van der Waals surface area contributed by atoms with Crippen LogP contribution in [0, 0.1) is 19.3 Å². The standard InChI is InChI=1S/C12H13NO2/c1-3-4-8-13-11-9(2)6-5-7-10(11)12(14)15/h1,5-7,13H,4,8H2,2H3,(H,14,15). The van der Waals surface area contributed by atoms with Gasteiger partial charge >= 0.3 is 5.97 Å². The maximum atomic E-state index is 10.9. The molecule has 0 spiro atoms. The van der Waals surface area contributed by atoms with E-state index in [1.807, 2.05) is 13.0 Å². The van der Waals surface area contributed by atoms with E-state index in [1.165, 1.54) is 0 Å². The predicted octanol–water partition coefficient (Wildman–Crippen LogP) is 2.13. The minimum atomic E-state index is -0.929. The zero-order valence-electron chi connectivity index (χ0n) is 8.58. The number of carbonyl (C=O) groups is 1. The molecule has 0 atom stereocenters. The molecule has 0 amide bonds. The largest absolute Gasteiger partial charge is 0.478 e. The first-order valence-corrected chi connectivity index (χ1v) is 4.67. The van der Waals surface area contributed by atoms with E-state index in [0.29, 0.717) is 18.7 Å². The van der Waals surface area contributed by atoms with Crippen molar-refractivity contribution in [3.8, 4) is 12.3 Å². The van der Waals surface area contributed by atoms with E-state index in [9.17, 15) is 4.79 Å². The summed E-state index contributed by atoms with van der Waals surface area (Å²) in [5, 5.41) is 12.0. The summed E-state index contributed by atoms with van der Waals surface area (Å²) in [5.41, 5.74) is 1.85. The predicted molar refractivity (Wildman–Crippen MR) is 60.1 cm³/mol. The summed E-state index contributed by atoms with van der Waals surface area (Å²) < 4.78 is 0. The monoisotopic (exact) mass is 203 g/mol. The minimum Gasteiger partial charge on any atom is -0.478 e. The molecule has 1 aromatic rings. The molecule has 0 heterocycles. The van der Waals surface area contributed by atoms with Gasteiger partial charge in [0.15, 0.2) is 0 Å². The fourth-order valence-electron chi connectivity index (χ4n) is 1.34. The lowest BCUT2D eigenvalue weighted by Gasteiger charge is -2.11. The third-order valence-electron chi connectivity index (χ3n) is 2.07. The van der Waals surface area contributed by atoms with Crippen molar-refractivity contribution >= 4 is 11.7 Å². The molecule has 3 nitrogen and oxygen atoms in total. The Morgan fingerprint density at radius 2 is 2.33 bits per heavy atom. The van der Waals surface area contributed by atoms with Crippen LogP contribution in [0.25, 0.3) is 0 Å². The Kier molecular flexibility index (Phi) is 3.75. The number of rotatable bonds is 4. The second kappa shape index (κ2) is 5.06. The van der Waals surface area contributed by atoms with Gasteiger partial charge in [0.2, 0.25) is 0 Å². The molecule has 3 heteroatoms. The van der Waals surface area contributed by atoms with Gasteiger partial charge in [-0.1, -0.05) is 12.1 Å². The van der Waals surface area contributed by atoms with Gasteiger partial charge in [-0.15, -0.1) is 12.3 Å². The summed E-state index contributed by atoms with van der Waals surface area (Å²) in [6.45, 7) is 2.45. The highest BCUT2D eigenvalue weighted by atomic mass is 16.4. The molecule has 15 heavy (non-hydrogen) atoms. The zero-order chi connectivity index (χ0) is 11.3. The summed E-state index contributed by atoms with van der Waals surface area (Å²) in [5.74, 6) is 1.57. The first kappa shape index (κ1) is 11.1. The molecule has 0 saturated heterocycles. The van der Waals surface area contributed by atoms with E-state index in [2.05, 4.69) is 11.2 Å². The number of anilines is 1. The summed E-state index contributed by atoms with van der Waals surface area (Å²) in [6.07, 6.45) is 5.70. The molecule has 0 unspecified atom stereocenters. The number of carboxylic acids is 1. The first-order valence-electron chi connectivity index (χ1n) is 4.67. The van der Waals surface area contributed by atoms with Crippen molar-refractivity contribution in [2.45, 2.75) is 13.3 Å². The van der Waals surface area contributed by atoms with Crippen molar-refractivity contribution in [1.82, 2.24) is 0 Å². The maximum absolute atomic E-state index is 10.9. The van der Waals surface area contributed by atoms with Gasteiger partial charge in [-0.2, -0.15) is 0 Å². The summed E-state index contributed by atoms with van der Waals surface area (Å²) in [7, 11) is 0. The van der Waals surface area contributed by atoms with E-state index in [1.54, 1.807) is 12.1 Å². The highest BCUT2D eigenvalue weighted by Gasteiger charge is 2.10. The van der Waals surface area contributed by atoms with Crippen molar-refractivity contribution in [1.29, 1.82) is 0 Å². The van der Waals surface area contributed by atoms with E-state index in [-0.39, 0.29) is 5.56 Å². The number of nitrogens with one attached hydrogen (secondary N) is 1. The molecular weight excluding hydrogens is 190 g/mol. The molecular formula is C12H13NO2. The van der Waals surface area contributed by atoms with Gasteiger partial charge < -0.3 is 10.4 Å². The third-order valence-corrected chi connectivity index (χ3v) is 2.07. The molecule has 0 aliphatic heterocycles. The smallest absolute Gasteiger partial charge is 0.337 e. The Bertz CT molecular complexity index is 405. The molecule has 78 valence electrons. The Morgan fingerprint density at radius 1 is 1.60 bits per heavy atom. The van der Waals surface area contributed by atoms with Gasteiger partial charge in [-0.25, -0.2) is 4.79 Å². The van der Waals surface area contributed by atoms with Crippen LogP contribution < -0.4 is 5.32 Å². The number of aromatic carboxylic acids is 1. The zero-order valence-corrected chi connectivity index (χ0v) is 8.58. The lowest BCUT2D eigenvalue weighted by Crippen LogP contribution is -2.08. The van der Waals surface area contributed by atoms with Gasteiger partial charge in [0, 0.05) is 13.0 Å². The fourth-order valence-corrected chi connectivity index (χ4v) is 1.34. The van der Waals surface area contributed by atoms with Crippen molar-refractivity contribution in [2.75, 3.05) is 11.9 Å². The van der Waals surface area contributed by atoms with Crippen LogP contribution in [0.15, 0.2) is 18.2 Å². The molecule has 0 bridgehead atoms. The number of terminal acetylenes is 1. The Hall–Kier alpha value is -1.95. The van der Waals surface area contributed by atoms with Crippen LogP contribution >= 0.6 is 0 Å². The van der Waals surface area contributed by atoms with Crippen LogP contribution in [-0.2, 0) is 0 Å². The number of carboxylic acid groups (broad SMARTS) is 1. The number of para-hydroxylation sites is 1. The Balaban J connectivity index is 2.93. The van der Waals surface area contributed by atoms with Crippen LogP contribution in [0.4, 0.5) is 5.69 Å². The Labute approximate surface area is 89.1 Å². The van der Waals surface area contributed by atoms with Crippen LogP contribution in [0.2, 0.25) is 0 Å². The van der Waals surface area contributed by atoms with Crippen molar-refractivity contribution in [3.63, 3.8) is 0 Å². The highest BCUT2D eigenvalue weighted by molar-refractivity contribution is 5.95. The maximum Gasteiger partial charge on any atom is 0.337 e. The van der Waals surface area contributed by atoms with Gasteiger partial charge in [0.25, 0.3) is 0 Å². The molecule has 0 aromatic heterocycles. The molecule has 2 N–H and O–H groups in total. The van der Waals surface area contributed by atoms with Gasteiger partial charge in [0.05, 0.1) is 11.3 Å². The van der Waals surface area contributed by atoms with Crippen LogP contribution in [0.3, 0.4) is 0 Å². The third kappa shape index (κ3) is 2.75. The van der Waals surface area contributed by atoms with Crippen LogP contribution in [-0.4, -0.2) is 17.6 Å². The van der Waals surface area contributed by atoms with E-state index in [0.717, 1.165) is 5.56 Å². The highest BCUT2D eigenvalue weighted by Crippen LogP contribution is 2.20. The SMILES string of the molecule is C#CCCNc1c(C)cccc1C(=O)O. The molecule has 1 aromatic carbocycles. The normalized spacial score (nSPS) is 9.33. The van der Waals surface area contributed by atoms with E-state index in [4.69, 9.17) is 11.5 Å².